The summed E-state index contributed by atoms with van der Waals surface area (Å²) in [5, 5.41) is 11.0. The molecule has 1 spiro atoms. The first-order valence-corrected chi connectivity index (χ1v) is 36.8. The van der Waals surface area contributed by atoms with E-state index in [2.05, 4.69) is 42.0 Å². The van der Waals surface area contributed by atoms with Crippen molar-refractivity contribution < 1.29 is 70.7 Å². The van der Waals surface area contributed by atoms with Crippen molar-refractivity contribution in [3.05, 3.63) is 34.3 Å². The molecule has 3 heterocycles. The number of carbonyl (C=O) groups excluding carboxylic acids is 12. The minimum atomic E-state index is -4.76. The number of hydrogen-bond acceptors (Lipinski definition) is 12. The molecule has 0 bridgehead atoms. The largest absolute Gasteiger partial charge is 0.417 e. The highest BCUT2D eigenvalue weighted by Crippen LogP contribution is 2.38. The maximum atomic E-state index is 15.4. The van der Waals surface area contributed by atoms with Crippen LogP contribution in [0.5, 0.6) is 0 Å². The van der Waals surface area contributed by atoms with Crippen molar-refractivity contribution in [3.8, 4) is 0 Å². The molecule has 1 aromatic carbocycles. The number of likely N-dealkylation sites (N-methyl/N-ethyl adjacent to an activating group) is 6. The third-order valence-electron chi connectivity index (χ3n) is 21.8. The first-order valence-electron chi connectivity index (χ1n) is 36.4. The van der Waals surface area contributed by atoms with Gasteiger partial charge in [0.15, 0.2) is 0 Å². The van der Waals surface area contributed by atoms with Crippen LogP contribution in [0.4, 0.5) is 13.2 Å². The van der Waals surface area contributed by atoms with Crippen LogP contribution in [0.25, 0.3) is 0 Å². The fourth-order valence-corrected chi connectivity index (χ4v) is 15.5. The maximum absolute atomic E-state index is 15.4. The van der Waals surface area contributed by atoms with Gasteiger partial charge in [0.25, 0.3) is 0 Å². The van der Waals surface area contributed by atoms with E-state index in [-0.39, 0.29) is 74.7 Å². The number of hydrogen-bond donors (Lipinski definition) is 4. The smallest absolute Gasteiger partial charge is 0.343 e. The second-order valence-corrected chi connectivity index (χ2v) is 31.6. The van der Waals surface area contributed by atoms with Gasteiger partial charge in [0, 0.05) is 61.9 Å². The number of aryl methyl sites for hydroxylation is 1. The number of fused-ring (bicyclic) bond motifs is 1. The average Bonchev–Trinajstić information content (AvgIpc) is 1.72. The van der Waals surface area contributed by atoms with Gasteiger partial charge in [-0.1, -0.05) is 131 Å². The van der Waals surface area contributed by atoms with E-state index in [4.69, 9.17) is 11.6 Å². The average molecular weight is 1440 g/mol. The van der Waals surface area contributed by atoms with Crippen LogP contribution in [0.15, 0.2) is 18.2 Å². The zero-order chi connectivity index (χ0) is 75.3. The lowest BCUT2D eigenvalue weighted by Crippen LogP contribution is -2.65. The van der Waals surface area contributed by atoms with Gasteiger partial charge in [-0.15, -0.1) is 0 Å². The Labute approximate surface area is 600 Å². The number of alkyl halides is 3. The number of likely N-dealkylation sites (tertiary alicyclic amines) is 1. The first-order chi connectivity index (χ1) is 47.2. The Hall–Kier alpha value is -7.06. The molecule has 12 amide bonds. The Morgan fingerprint density at radius 2 is 1.25 bits per heavy atom. The van der Waals surface area contributed by atoms with Crippen molar-refractivity contribution in [2.45, 2.75) is 238 Å². The van der Waals surface area contributed by atoms with E-state index in [9.17, 15) is 46.7 Å². The zero-order valence-corrected chi connectivity index (χ0v) is 63.1. The second kappa shape index (κ2) is 35.9. The number of nitrogens with one attached hydrogen (secondary N) is 4. The standard InChI is InChI=1S/C73H114ClF3N12O12/c1-16-46(6)61-69(100)84(12)42-59(92)82(10)43-60(93)86(14)56(39-47-23-18-17-19-24-47)68(99)83(11)41-57(90)78-52(29-27-48-26-28-50(51(74)38-48)73(75,76)77)67(98)89-34-22-25-54(89)64(95)81-72(32-20-21-33-72)70(101)87(15)62(45(4)5)65(96)79-53(66(97)88-35-30-49(31-36-88)71(7,8)9)40-58(91)85(13)55(37-44(2)3)63(94)80-61/h26,28,38,44-47,49,52-56,61-62H,16-25,27,29-37,39-43H2,1-15H3,(H,78,90)(H,79,96)(H,80,94)(H,81,95)/t46-,52-,53-,54-,55-,56-,61-,62-/m0/s1. The summed E-state index contributed by atoms with van der Waals surface area (Å²) in [6.45, 7) is 16.1. The van der Waals surface area contributed by atoms with Crippen LogP contribution in [0.3, 0.4) is 0 Å². The highest BCUT2D eigenvalue weighted by Gasteiger charge is 2.50. The van der Waals surface area contributed by atoms with Gasteiger partial charge in [0.1, 0.15) is 47.8 Å². The molecule has 4 N–H and O–H groups in total. The van der Waals surface area contributed by atoms with Crippen LogP contribution in [-0.2, 0) is 70.1 Å². The van der Waals surface area contributed by atoms with Crippen molar-refractivity contribution >= 4 is 82.5 Å². The molecule has 6 rings (SSSR count). The van der Waals surface area contributed by atoms with Crippen LogP contribution < -0.4 is 21.3 Å². The molecule has 24 nitrogen and oxygen atoms in total. The Kier molecular flexibility index (Phi) is 29.5. The molecule has 28 heteroatoms. The van der Waals surface area contributed by atoms with Crippen molar-refractivity contribution in [2.75, 3.05) is 81.6 Å². The molecule has 0 aromatic heterocycles. The summed E-state index contributed by atoms with van der Waals surface area (Å²) in [6, 6.07) is -5.80. The van der Waals surface area contributed by atoms with Gasteiger partial charge in [0.2, 0.25) is 70.9 Å². The summed E-state index contributed by atoms with van der Waals surface area (Å²) in [5.74, 6) is -9.09. The molecule has 8 atom stereocenters. The topological polar surface area (TPSA) is 279 Å². The summed E-state index contributed by atoms with van der Waals surface area (Å²) in [6.07, 6.45) is 2.45. The number of carbonyl (C=O) groups is 12. The molecule has 5 fully saturated rings. The maximum Gasteiger partial charge on any atom is 0.417 e. The lowest BCUT2D eigenvalue weighted by molar-refractivity contribution is -0.150. The van der Waals surface area contributed by atoms with Crippen LogP contribution in [0, 0.1) is 35.0 Å². The van der Waals surface area contributed by atoms with Crippen LogP contribution >= 0.6 is 11.6 Å². The number of rotatable bonds is 11. The van der Waals surface area contributed by atoms with E-state index in [0.29, 0.717) is 57.2 Å². The van der Waals surface area contributed by atoms with Crippen LogP contribution in [0.2, 0.25) is 5.02 Å². The summed E-state index contributed by atoms with van der Waals surface area (Å²) in [7, 11) is 8.43. The Balaban J connectivity index is 1.42. The third-order valence-corrected chi connectivity index (χ3v) is 22.1. The summed E-state index contributed by atoms with van der Waals surface area (Å²) < 4.78 is 41.6. The fraction of sp³-hybridized carbons (Fsp3) is 0.753. The van der Waals surface area contributed by atoms with Crippen molar-refractivity contribution in [1.82, 2.24) is 60.5 Å². The Morgan fingerprint density at radius 3 is 1.82 bits per heavy atom. The second-order valence-electron chi connectivity index (χ2n) is 31.2. The predicted molar refractivity (Wildman–Crippen MR) is 376 cm³/mol. The highest BCUT2D eigenvalue weighted by atomic mass is 35.5. The van der Waals surface area contributed by atoms with E-state index < -0.39 is 173 Å². The quantitative estimate of drug-likeness (QED) is 0.187. The lowest BCUT2D eigenvalue weighted by atomic mass is 9.75. The molecule has 2 saturated carbocycles. The van der Waals surface area contributed by atoms with Crippen molar-refractivity contribution in [1.29, 1.82) is 0 Å². The number of benzene rings is 1. The van der Waals surface area contributed by atoms with E-state index in [1.807, 2.05) is 20.8 Å². The molecule has 2 aliphatic carbocycles. The first kappa shape index (κ1) is 82.9. The van der Waals surface area contributed by atoms with Gasteiger partial charge < -0.3 is 60.5 Å². The monoisotopic (exact) mass is 1440 g/mol. The highest BCUT2D eigenvalue weighted by molar-refractivity contribution is 6.31. The molecule has 5 aliphatic rings. The van der Waals surface area contributed by atoms with E-state index in [1.54, 1.807) is 25.7 Å². The minimum Gasteiger partial charge on any atom is -0.343 e. The van der Waals surface area contributed by atoms with Gasteiger partial charge in [-0.25, -0.2) is 0 Å². The van der Waals surface area contributed by atoms with E-state index >= 15 is 24.0 Å². The molecule has 1 aromatic rings. The van der Waals surface area contributed by atoms with Crippen LogP contribution in [0.1, 0.15) is 189 Å². The SMILES string of the molecule is CC[C@H](C)[C@@H]1NC(=O)[C@H](CC(C)C)N(C)C(=O)C[C@@H](C(=O)N2CCC(C(C)(C)C)CC2)NC(=O)[C@H](C(C)C)N(C)C(=O)C2(CCCC2)NC(=O)[C@@H]2CCCN2C(=O)[C@H](CCc2ccc(C(F)(F)F)c(Cl)c2)NC(=O)CN(C)C(=O)[C@H](CC2CCCCC2)N(C)C(=O)CN(C)C(=O)CN(C)C1=O. The molecular formula is C73H114ClF3N12O12. The predicted octanol–water partition coefficient (Wildman–Crippen LogP) is 6.43. The fourth-order valence-electron chi connectivity index (χ4n) is 15.2. The summed E-state index contributed by atoms with van der Waals surface area (Å²) >= 11 is 6.15. The Bertz CT molecular complexity index is 3140. The van der Waals surface area contributed by atoms with Gasteiger partial charge in [-0.2, -0.15) is 13.2 Å². The van der Waals surface area contributed by atoms with Gasteiger partial charge in [-0.3, -0.25) is 57.5 Å². The Morgan fingerprint density at radius 1 is 0.644 bits per heavy atom. The molecule has 3 saturated heterocycles. The molecule has 3 aliphatic heterocycles. The minimum absolute atomic E-state index is 0.0162. The molecule has 101 heavy (non-hydrogen) atoms. The number of halogens is 4. The van der Waals surface area contributed by atoms with E-state index in [0.717, 1.165) is 58.9 Å². The molecule has 0 unspecified atom stereocenters. The van der Waals surface area contributed by atoms with Gasteiger partial charge >= 0.3 is 6.18 Å². The van der Waals surface area contributed by atoms with Crippen molar-refractivity contribution in [2.24, 2.45) is 35.0 Å². The van der Waals surface area contributed by atoms with Crippen LogP contribution in [-0.4, -0.2) is 239 Å². The van der Waals surface area contributed by atoms with E-state index in [1.165, 1.54) is 68.0 Å². The lowest BCUT2D eigenvalue weighted by Gasteiger charge is -2.41. The molecular weight excluding hydrogens is 1330 g/mol. The third kappa shape index (κ3) is 21.5. The summed E-state index contributed by atoms with van der Waals surface area (Å²) in [4.78, 5) is 188. The summed E-state index contributed by atoms with van der Waals surface area (Å²) in [5.41, 5.74) is -2.43. The van der Waals surface area contributed by atoms with Gasteiger partial charge in [-0.05, 0) is 117 Å². The van der Waals surface area contributed by atoms with Gasteiger partial charge in [0.05, 0.1) is 36.6 Å². The number of piperidine rings is 1. The molecule has 566 valence electrons. The van der Waals surface area contributed by atoms with Crippen molar-refractivity contribution in [3.63, 3.8) is 0 Å². The number of nitrogens with zero attached hydrogens (tertiary/aromatic N) is 8. The number of amides is 12. The normalized spacial score (nSPS) is 26.0. The molecule has 0 radical (unpaired) electrons. The zero-order valence-electron chi connectivity index (χ0n) is 62.3.